The number of benzene rings is 1. The van der Waals surface area contributed by atoms with Gasteiger partial charge in [-0.15, -0.1) is 0 Å². The molecule has 1 aromatic rings. The highest BCUT2D eigenvalue weighted by Gasteiger charge is 2.20. The fraction of sp³-hybridized carbons (Fsp3) is 0.353. The minimum Gasteiger partial charge on any atom is -0.454 e. The molecule has 5 N–H and O–H groups in total. The molecule has 0 atom stereocenters. The molecule has 0 aliphatic carbocycles. The SMILES string of the molecule is C.CNCCN=C(N)C(C(=O)OCC(=O)c1ccccc1Cl)=C(C)N. The number of amidine groups is 1. The van der Waals surface area contributed by atoms with Crippen molar-refractivity contribution in [2.45, 2.75) is 14.4 Å². The van der Waals surface area contributed by atoms with Crippen molar-refractivity contribution in [3.05, 3.63) is 46.1 Å². The topological polar surface area (TPSA) is 120 Å². The number of aliphatic imine (C=N–C) groups is 1. The molecular formula is C17H25ClN4O3. The Kier molecular flexibility index (Phi) is 10.2. The Morgan fingerprint density at radius 1 is 1.28 bits per heavy atom. The maximum atomic E-state index is 12.2. The molecule has 1 aromatic carbocycles. The van der Waals surface area contributed by atoms with Gasteiger partial charge in [-0.05, 0) is 26.1 Å². The predicted octanol–water partition coefficient (Wildman–Crippen LogP) is 1.51. The van der Waals surface area contributed by atoms with E-state index in [0.29, 0.717) is 13.1 Å². The molecule has 0 fully saturated rings. The Balaban J connectivity index is 0.00000576. The fourth-order valence-corrected chi connectivity index (χ4v) is 2.04. The zero-order valence-corrected chi connectivity index (χ0v) is 14.4. The summed E-state index contributed by atoms with van der Waals surface area (Å²) in [5, 5.41) is 3.19. The van der Waals surface area contributed by atoms with Crippen molar-refractivity contribution in [2.24, 2.45) is 16.5 Å². The van der Waals surface area contributed by atoms with Crippen LogP contribution in [0.4, 0.5) is 0 Å². The third-order valence-electron chi connectivity index (χ3n) is 3.01. The molecule has 25 heavy (non-hydrogen) atoms. The van der Waals surface area contributed by atoms with Gasteiger partial charge in [0.15, 0.2) is 6.61 Å². The van der Waals surface area contributed by atoms with Crippen LogP contribution in [0, 0.1) is 0 Å². The van der Waals surface area contributed by atoms with Crippen LogP contribution in [-0.4, -0.2) is 44.3 Å². The smallest absolute Gasteiger partial charge is 0.344 e. The Hall–Kier alpha value is -2.38. The summed E-state index contributed by atoms with van der Waals surface area (Å²) in [5.74, 6) is -1.25. The number of nitrogens with one attached hydrogen (secondary N) is 1. The van der Waals surface area contributed by atoms with Crippen molar-refractivity contribution in [2.75, 3.05) is 26.7 Å². The zero-order valence-electron chi connectivity index (χ0n) is 13.6. The second-order valence-corrected chi connectivity index (χ2v) is 5.31. The average Bonchev–Trinajstić information content (AvgIpc) is 2.53. The van der Waals surface area contributed by atoms with Gasteiger partial charge in [-0.2, -0.15) is 0 Å². The number of nitrogens with two attached hydrogens (primary N) is 2. The van der Waals surface area contributed by atoms with Crippen molar-refractivity contribution >= 4 is 29.2 Å². The highest BCUT2D eigenvalue weighted by molar-refractivity contribution is 6.34. The van der Waals surface area contributed by atoms with Gasteiger partial charge >= 0.3 is 5.97 Å². The summed E-state index contributed by atoms with van der Waals surface area (Å²) in [4.78, 5) is 28.3. The maximum absolute atomic E-state index is 12.2. The van der Waals surface area contributed by atoms with Crippen molar-refractivity contribution in [3.63, 3.8) is 0 Å². The molecule has 0 spiro atoms. The summed E-state index contributed by atoms with van der Waals surface area (Å²) in [5.41, 5.74) is 11.9. The molecule has 0 radical (unpaired) electrons. The summed E-state index contributed by atoms with van der Waals surface area (Å²) >= 11 is 5.93. The van der Waals surface area contributed by atoms with Gasteiger partial charge in [0.25, 0.3) is 0 Å². The normalized spacial score (nSPS) is 12.0. The fourth-order valence-electron chi connectivity index (χ4n) is 1.80. The number of hydrogen-bond donors (Lipinski definition) is 3. The third-order valence-corrected chi connectivity index (χ3v) is 3.34. The van der Waals surface area contributed by atoms with Crippen LogP contribution in [0.1, 0.15) is 24.7 Å². The minimum absolute atomic E-state index is 0. The number of likely N-dealkylation sites (N-methyl/N-ethyl adjacent to an activating group) is 1. The number of allylic oxidation sites excluding steroid dienone is 1. The second-order valence-electron chi connectivity index (χ2n) is 4.91. The molecule has 0 saturated heterocycles. The first-order valence-corrected chi connectivity index (χ1v) is 7.62. The quantitative estimate of drug-likeness (QED) is 0.160. The lowest BCUT2D eigenvalue weighted by Gasteiger charge is -2.10. The van der Waals surface area contributed by atoms with Gasteiger partial charge in [0, 0.05) is 17.8 Å². The van der Waals surface area contributed by atoms with Crippen molar-refractivity contribution in [3.8, 4) is 0 Å². The molecule has 0 aliphatic rings. The monoisotopic (exact) mass is 368 g/mol. The first-order chi connectivity index (χ1) is 11.4. The van der Waals surface area contributed by atoms with E-state index in [1.165, 1.54) is 6.92 Å². The number of carbonyl (C=O) groups is 2. The molecule has 0 bridgehead atoms. The van der Waals surface area contributed by atoms with E-state index in [2.05, 4.69) is 10.3 Å². The van der Waals surface area contributed by atoms with Crippen LogP contribution in [0.3, 0.4) is 0 Å². The minimum atomic E-state index is -0.805. The van der Waals surface area contributed by atoms with Crippen LogP contribution >= 0.6 is 11.6 Å². The van der Waals surface area contributed by atoms with Gasteiger partial charge in [0.05, 0.1) is 11.6 Å². The van der Waals surface area contributed by atoms with E-state index in [4.69, 9.17) is 27.8 Å². The molecule has 138 valence electrons. The molecule has 0 saturated carbocycles. The number of hydrogen-bond acceptors (Lipinski definition) is 6. The van der Waals surface area contributed by atoms with Gasteiger partial charge in [-0.3, -0.25) is 9.79 Å². The Labute approximate surface area is 153 Å². The highest BCUT2D eigenvalue weighted by atomic mass is 35.5. The Morgan fingerprint density at radius 3 is 2.48 bits per heavy atom. The number of esters is 1. The van der Waals surface area contributed by atoms with Crippen molar-refractivity contribution < 1.29 is 14.3 Å². The van der Waals surface area contributed by atoms with E-state index in [0.717, 1.165) is 0 Å². The molecule has 8 heteroatoms. The number of ether oxygens (including phenoxy) is 1. The number of Topliss-reactive ketones (excluding diaryl/α,β-unsaturated/α-hetero) is 1. The lowest BCUT2D eigenvalue weighted by Crippen LogP contribution is -2.28. The van der Waals surface area contributed by atoms with Gasteiger partial charge < -0.3 is 21.5 Å². The van der Waals surface area contributed by atoms with E-state index in [9.17, 15) is 9.59 Å². The summed E-state index contributed by atoms with van der Waals surface area (Å²) < 4.78 is 5.00. The molecule has 1 rings (SSSR count). The van der Waals surface area contributed by atoms with Crippen LogP contribution in [0.5, 0.6) is 0 Å². The van der Waals surface area contributed by atoms with Gasteiger partial charge in [0.1, 0.15) is 11.4 Å². The van der Waals surface area contributed by atoms with E-state index in [1.807, 2.05) is 0 Å². The molecule has 0 amide bonds. The molecule has 7 nitrogen and oxygen atoms in total. The van der Waals surface area contributed by atoms with E-state index < -0.39 is 18.4 Å². The van der Waals surface area contributed by atoms with E-state index >= 15 is 0 Å². The summed E-state index contributed by atoms with van der Waals surface area (Å²) in [6, 6.07) is 6.50. The van der Waals surface area contributed by atoms with Crippen LogP contribution in [-0.2, 0) is 9.53 Å². The number of carbonyl (C=O) groups excluding carboxylic acids is 2. The van der Waals surface area contributed by atoms with Gasteiger partial charge in [-0.25, -0.2) is 4.79 Å². The van der Waals surface area contributed by atoms with Crippen LogP contribution in [0.15, 0.2) is 40.5 Å². The zero-order chi connectivity index (χ0) is 18.1. The van der Waals surface area contributed by atoms with Crippen molar-refractivity contribution in [1.82, 2.24) is 5.32 Å². The number of nitrogens with zero attached hydrogens (tertiary/aromatic N) is 1. The van der Waals surface area contributed by atoms with Gasteiger partial charge in [-0.1, -0.05) is 31.2 Å². The molecular weight excluding hydrogens is 344 g/mol. The van der Waals surface area contributed by atoms with Crippen LogP contribution in [0.2, 0.25) is 5.02 Å². The molecule has 0 heterocycles. The lowest BCUT2D eigenvalue weighted by molar-refractivity contribution is -0.137. The molecule has 0 aromatic heterocycles. The number of ketones is 1. The molecule has 0 aliphatic heterocycles. The van der Waals surface area contributed by atoms with Crippen LogP contribution in [0.25, 0.3) is 0 Å². The first-order valence-electron chi connectivity index (χ1n) is 7.24. The maximum Gasteiger partial charge on any atom is 0.344 e. The first kappa shape index (κ1) is 22.6. The molecule has 0 unspecified atom stereocenters. The summed E-state index contributed by atoms with van der Waals surface area (Å²) in [6.07, 6.45) is 0. The van der Waals surface area contributed by atoms with E-state index in [1.54, 1.807) is 31.3 Å². The Morgan fingerprint density at radius 2 is 1.92 bits per heavy atom. The lowest BCUT2D eigenvalue weighted by atomic mass is 10.1. The predicted molar refractivity (Wildman–Crippen MR) is 101 cm³/mol. The van der Waals surface area contributed by atoms with Crippen LogP contribution < -0.4 is 16.8 Å². The van der Waals surface area contributed by atoms with Crippen molar-refractivity contribution in [1.29, 1.82) is 0 Å². The summed E-state index contributed by atoms with van der Waals surface area (Å²) in [6.45, 7) is 2.01. The van der Waals surface area contributed by atoms with E-state index in [-0.39, 0.29) is 35.1 Å². The average molecular weight is 369 g/mol. The number of rotatable bonds is 8. The third kappa shape index (κ3) is 6.94. The van der Waals surface area contributed by atoms with Gasteiger partial charge in [0.2, 0.25) is 5.78 Å². The Bertz CT molecular complexity index is 668. The number of halogens is 1. The second kappa shape index (κ2) is 11.2. The summed E-state index contributed by atoms with van der Waals surface area (Å²) in [7, 11) is 1.77. The standard InChI is InChI=1S/C16H21ClN4O3.CH4/c1-10(18)14(15(19)21-8-7-20-2)16(23)24-9-13(22)11-5-3-4-6-12(11)17;/h3-6,20H,7-9,18H2,1-2H3,(H2,19,21);1H4. The largest absolute Gasteiger partial charge is 0.454 e. The highest BCUT2D eigenvalue weighted by Crippen LogP contribution is 2.15.